The number of amides is 1. The maximum Gasteiger partial charge on any atom is 0.220 e. The van der Waals surface area contributed by atoms with Crippen LogP contribution >= 0.6 is 0 Å². The first-order valence-corrected chi connectivity index (χ1v) is 26.9. The molecule has 9 N–H and O–H groups in total. The molecule has 12 unspecified atom stereocenters. The third kappa shape index (κ3) is 26.1. The van der Waals surface area contributed by atoms with Gasteiger partial charge in [-0.1, -0.05) is 206 Å². The molecule has 2 aliphatic rings. The number of ether oxygens (including phenoxy) is 4. The molecule has 0 saturated carbocycles. The highest BCUT2D eigenvalue weighted by Gasteiger charge is 2.51. The van der Waals surface area contributed by atoms with E-state index < -0.39 is 86.8 Å². The Morgan fingerprint density at radius 1 is 0.530 bits per heavy atom. The van der Waals surface area contributed by atoms with Gasteiger partial charge in [0, 0.05) is 6.42 Å². The molecule has 2 saturated heterocycles. The molecule has 0 aliphatic carbocycles. The van der Waals surface area contributed by atoms with Gasteiger partial charge in [0.25, 0.3) is 0 Å². The van der Waals surface area contributed by atoms with Crippen molar-refractivity contribution in [2.24, 2.45) is 0 Å². The van der Waals surface area contributed by atoms with E-state index in [1.165, 1.54) is 154 Å². The first kappa shape index (κ1) is 60.9. The Hall–Kier alpha value is -1.27. The summed E-state index contributed by atoms with van der Waals surface area (Å²) >= 11 is 0. The van der Waals surface area contributed by atoms with Gasteiger partial charge in [-0.05, 0) is 19.3 Å². The normalized spacial score (nSPS) is 26.8. The fraction of sp³-hybridized carbons (Fsp3) is 0.942. The zero-order chi connectivity index (χ0) is 48.2. The van der Waals surface area contributed by atoms with Crippen molar-refractivity contribution >= 4 is 5.91 Å². The fourth-order valence-electron chi connectivity index (χ4n) is 9.06. The number of carbonyl (C=O) groups is 1. The standard InChI is InChI=1S/C52H99NO13/c1-3-5-7-9-11-13-15-16-17-18-19-20-21-22-23-24-25-26-27-29-31-33-35-41(56)40(53-44(57)36-34-32-30-28-14-12-10-8-6-4-2)39-63-51-49(62)47(60)50(43(38-55)65-51)66-52-48(61)46(59)45(58)42(37-54)64-52/h33,35,40-43,45-52,54-56,58-62H,3-32,34,36-39H2,1-2H3,(H,53,57)/b35-33+. The summed E-state index contributed by atoms with van der Waals surface area (Å²) in [5.41, 5.74) is 0. The summed E-state index contributed by atoms with van der Waals surface area (Å²) in [5.74, 6) is -0.240. The van der Waals surface area contributed by atoms with E-state index in [0.29, 0.717) is 6.42 Å². The zero-order valence-corrected chi connectivity index (χ0v) is 41.5. The van der Waals surface area contributed by atoms with E-state index in [-0.39, 0.29) is 18.9 Å². The largest absolute Gasteiger partial charge is 0.394 e. The van der Waals surface area contributed by atoms with Crippen LogP contribution < -0.4 is 5.32 Å². The highest BCUT2D eigenvalue weighted by Crippen LogP contribution is 2.30. The molecule has 0 spiro atoms. The molecule has 0 aromatic heterocycles. The number of nitrogens with one attached hydrogen (secondary N) is 1. The first-order valence-electron chi connectivity index (χ1n) is 26.9. The molecule has 2 heterocycles. The first-order chi connectivity index (χ1) is 32.1. The predicted molar refractivity (Wildman–Crippen MR) is 259 cm³/mol. The van der Waals surface area contributed by atoms with Gasteiger partial charge in [0.15, 0.2) is 12.6 Å². The summed E-state index contributed by atoms with van der Waals surface area (Å²) in [7, 11) is 0. The van der Waals surface area contributed by atoms with E-state index >= 15 is 0 Å². The molecule has 0 aromatic rings. The Morgan fingerprint density at radius 2 is 0.939 bits per heavy atom. The van der Waals surface area contributed by atoms with Crippen LogP contribution in [0.25, 0.3) is 0 Å². The number of carbonyl (C=O) groups excluding carboxylic acids is 1. The van der Waals surface area contributed by atoms with E-state index in [1.54, 1.807) is 6.08 Å². The van der Waals surface area contributed by atoms with Gasteiger partial charge in [-0.15, -0.1) is 0 Å². The molecule has 2 fully saturated rings. The lowest BCUT2D eigenvalue weighted by Crippen LogP contribution is -2.65. The summed E-state index contributed by atoms with van der Waals surface area (Å²) in [6.45, 7) is 2.78. The Balaban J connectivity index is 1.78. The SMILES string of the molecule is CCCCCCCCCCCCCCCCCCCCCC/C=C/C(O)C(COC1OC(CO)C(OC2OC(CO)C(O)C(O)C2O)C(O)C1O)NC(=O)CCCCCCCCCCCC. The van der Waals surface area contributed by atoms with Crippen molar-refractivity contribution in [1.82, 2.24) is 5.32 Å². The van der Waals surface area contributed by atoms with Gasteiger partial charge in [0.05, 0.1) is 32.0 Å². The maximum atomic E-state index is 13.1. The Kier molecular flexibility index (Phi) is 36.4. The Morgan fingerprint density at radius 3 is 1.39 bits per heavy atom. The minimum atomic E-state index is -1.78. The second-order valence-electron chi connectivity index (χ2n) is 19.4. The third-order valence-corrected chi connectivity index (χ3v) is 13.5. The van der Waals surface area contributed by atoms with Crippen LogP contribution in [-0.2, 0) is 23.7 Å². The minimum Gasteiger partial charge on any atom is -0.394 e. The molecule has 66 heavy (non-hydrogen) atoms. The molecule has 2 rings (SSSR count). The molecule has 390 valence electrons. The molecule has 1 amide bonds. The number of hydrogen-bond acceptors (Lipinski definition) is 13. The molecule has 0 radical (unpaired) electrons. The van der Waals surface area contributed by atoms with Gasteiger partial charge >= 0.3 is 0 Å². The van der Waals surface area contributed by atoms with E-state index in [0.717, 1.165) is 38.5 Å². The van der Waals surface area contributed by atoms with E-state index in [9.17, 15) is 45.6 Å². The second kappa shape index (κ2) is 39.5. The number of unbranched alkanes of at least 4 members (excludes halogenated alkanes) is 29. The molecule has 12 atom stereocenters. The van der Waals surface area contributed by atoms with Crippen LogP contribution in [0.4, 0.5) is 0 Å². The number of hydrogen-bond donors (Lipinski definition) is 9. The van der Waals surface area contributed by atoms with Crippen LogP contribution in [0.15, 0.2) is 12.2 Å². The zero-order valence-electron chi connectivity index (χ0n) is 41.5. The minimum absolute atomic E-state index is 0.240. The Labute approximate surface area is 399 Å². The molecule has 14 nitrogen and oxygen atoms in total. The number of rotatable bonds is 42. The van der Waals surface area contributed by atoms with Gasteiger partial charge in [-0.25, -0.2) is 0 Å². The van der Waals surface area contributed by atoms with E-state index in [1.807, 2.05) is 6.08 Å². The smallest absolute Gasteiger partial charge is 0.220 e. The van der Waals surface area contributed by atoms with Crippen molar-refractivity contribution in [3.63, 3.8) is 0 Å². The van der Waals surface area contributed by atoms with E-state index in [4.69, 9.17) is 18.9 Å². The second-order valence-corrected chi connectivity index (χ2v) is 19.4. The quantitative estimate of drug-likeness (QED) is 0.0213. The van der Waals surface area contributed by atoms with Gasteiger partial charge in [0.2, 0.25) is 5.91 Å². The summed E-state index contributed by atoms with van der Waals surface area (Å²) in [5, 5.41) is 86.7. The summed E-state index contributed by atoms with van der Waals surface area (Å²) in [6, 6.07) is -0.907. The van der Waals surface area contributed by atoms with E-state index in [2.05, 4.69) is 19.2 Å². The lowest BCUT2D eigenvalue weighted by atomic mass is 9.97. The fourth-order valence-corrected chi connectivity index (χ4v) is 9.06. The molecule has 14 heteroatoms. The van der Waals surface area contributed by atoms with Crippen LogP contribution in [0.2, 0.25) is 0 Å². The lowest BCUT2D eigenvalue weighted by molar-refractivity contribution is -0.359. The van der Waals surface area contributed by atoms with Crippen molar-refractivity contribution in [3.05, 3.63) is 12.2 Å². The topological polar surface area (TPSA) is 228 Å². The lowest BCUT2D eigenvalue weighted by Gasteiger charge is -2.46. The maximum absolute atomic E-state index is 13.1. The van der Waals surface area contributed by atoms with Crippen LogP contribution in [0, 0.1) is 0 Å². The van der Waals surface area contributed by atoms with Crippen molar-refractivity contribution < 1.29 is 64.6 Å². The third-order valence-electron chi connectivity index (χ3n) is 13.5. The summed E-state index contributed by atoms with van der Waals surface area (Å²) < 4.78 is 22.7. The average Bonchev–Trinajstić information content (AvgIpc) is 3.31. The van der Waals surface area contributed by atoms with Crippen LogP contribution in [-0.4, -0.2) is 140 Å². The van der Waals surface area contributed by atoms with Crippen molar-refractivity contribution in [2.45, 2.75) is 293 Å². The highest BCUT2D eigenvalue weighted by atomic mass is 16.7. The van der Waals surface area contributed by atoms with Gasteiger partial charge in [-0.2, -0.15) is 0 Å². The number of aliphatic hydroxyl groups is 8. The van der Waals surface area contributed by atoms with Gasteiger partial charge in [0.1, 0.15) is 48.8 Å². The monoisotopic (exact) mass is 946 g/mol. The summed E-state index contributed by atoms with van der Waals surface area (Å²) in [6.07, 6.45) is 25.5. The number of allylic oxidation sites excluding steroid dienone is 1. The average molecular weight is 946 g/mol. The molecular formula is C52H99NO13. The number of aliphatic hydroxyl groups excluding tert-OH is 8. The molecular weight excluding hydrogens is 847 g/mol. The predicted octanol–water partition coefficient (Wildman–Crippen LogP) is 7.55. The van der Waals surface area contributed by atoms with Gasteiger partial charge in [-0.3, -0.25) is 4.79 Å². The highest BCUT2D eigenvalue weighted by molar-refractivity contribution is 5.76. The van der Waals surface area contributed by atoms with Crippen molar-refractivity contribution in [2.75, 3.05) is 19.8 Å². The van der Waals surface area contributed by atoms with Crippen LogP contribution in [0.1, 0.15) is 219 Å². The summed E-state index contributed by atoms with van der Waals surface area (Å²) in [4.78, 5) is 13.1. The van der Waals surface area contributed by atoms with Crippen LogP contribution in [0.5, 0.6) is 0 Å². The molecule has 0 bridgehead atoms. The molecule has 0 aromatic carbocycles. The molecule has 2 aliphatic heterocycles. The Bertz CT molecular complexity index is 1160. The van der Waals surface area contributed by atoms with Crippen LogP contribution in [0.3, 0.4) is 0 Å². The van der Waals surface area contributed by atoms with Gasteiger partial charge < -0.3 is 65.1 Å². The van der Waals surface area contributed by atoms with Crippen molar-refractivity contribution in [1.29, 1.82) is 0 Å². The van der Waals surface area contributed by atoms with Crippen molar-refractivity contribution in [3.8, 4) is 0 Å².